The Labute approximate surface area is 177 Å². The van der Waals surface area contributed by atoms with Crippen molar-refractivity contribution < 1.29 is 33.7 Å². The molecule has 0 fully saturated rings. The maximum atomic E-state index is 12.4. The molecule has 168 valence electrons. The summed E-state index contributed by atoms with van der Waals surface area (Å²) in [5.74, 6) is -1.19. The van der Waals surface area contributed by atoms with Gasteiger partial charge in [-0.1, -0.05) is 12.1 Å². The quantitative estimate of drug-likeness (QED) is 0.374. The van der Waals surface area contributed by atoms with Crippen LogP contribution in [0.1, 0.15) is 59.9 Å². The van der Waals surface area contributed by atoms with E-state index in [9.17, 15) is 19.5 Å². The highest BCUT2D eigenvalue weighted by Crippen LogP contribution is 2.14. The van der Waals surface area contributed by atoms with Crippen LogP contribution >= 0.6 is 0 Å². The van der Waals surface area contributed by atoms with Gasteiger partial charge in [0.05, 0.1) is 13.0 Å². The van der Waals surface area contributed by atoms with Gasteiger partial charge < -0.3 is 24.6 Å². The van der Waals surface area contributed by atoms with Crippen LogP contribution in [0.15, 0.2) is 24.3 Å². The van der Waals surface area contributed by atoms with Crippen LogP contribution in [0.2, 0.25) is 0 Å². The molecular weight excluding hydrogens is 390 g/mol. The number of hydrogen-bond acceptors (Lipinski definition) is 7. The summed E-state index contributed by atoms with van der Waals surface area (Å²) in [6.45, 7) is 10.3. The number of phenolic OH excluding ortho intramolecular Hbond substituents is 1. The van der Waals surface area contributed by atoms with Crippen LogP contribution in [0.5, 0.6) is 5.75 Å². The predicted molar refractivity (Wildman–Crippen MR) is 111 cm³/mol. The number of esters is 2. The molecule has 0 aliphatic heterocycles. The maximum Gasteiger partial charge on any atom is 0.407 e. The van der Waals surface area contributed by atoms with Gasteiger partial charge in [0.25, 0.3) is 0 Å². The number of aryl methyl sites for hydroxylation is 1. The van der Waals surface area contributed by atoms with Gasteiger partial charge in [0, 0.05) is 0 Å². The number of benzene rings is 1. The molecule has 0 spiro atoms. The molecule has 8 nitrogen and oxygen atoms in total. The van der Waals surface area contributed by atoms with Crippen LogP contribution in [0.3, 0.4) is 0 Å². The van der Waals surface area contributed by atoms with Crippen LogP contribution in [-0.2, 0) is 30.2 Å². The van der Waals surface area contributed by atoms with Crippen LogP contribution in [0.4, 0.5) is 4.79 Å². The SMILES string of the molecule is CC(C)(C)OC(=O)C[C@H](NC(=O)OCCCc1ccc(O)cc1)C(=O)OC(C)(C)C. The Hall–Kier alpha value is -2.77. The van der Waals surface area contributed by atoms with E-state index in [0.717, 1.165) is 5.56 Å². The summed E-state index contributed by atoms with van der Waals surface area (Å²) in [6, 6.07) is 5.53. The molecular formula is C22H33NO7. The predicted octanol–water partition coefficient (Wildman–Crippen LogP) is 3.49. The summed E-state index contributed by atoms with van der Waals surface area (Å²) < 4.78 is 15.6. The van der Waals surface area contributed by atoms with Gasteiger partial charge in [0.2, 0.25) is 0 Å². The number of carbonyl (C=O) groups excluding carboxylic acids is 3. The minimum atomic E-state index is -1.22. The van der Waals surface area contributed by atoms with Crippen LogP contribution in [0.25, 0.3) is 0 Å². The molecule has 0 aliphatic carbocycles. The third kappa shape index (κ3) is 11.3. The first-order valence-electron chi connectivity index (χ1n) is 9.91. The van der Waals surface area contributed by atoms with Gasteiger partial charge in [-0.25, -0.2) is 9.59 Å². The second kappa shape index (κ2) is 10.8. The summed E-state index contributed by atoms with van der Waals surface area (Å²) in [5, 5.41) is 11.7. The Morgan fingerprint density at radius 2 is 1.53 bits per heavy atom. The number of hydrogen-bond donors (Lipinski definition) is 2. The number of ether oxygens (including phenoxy) is 3. The normalized spacial score (nSPS) is 12.6. The van der Waals surface area contributed by atoms with Crippen molar-refractivity contribution in [2.45, 2.75) is 78.0 Å². The molecule has 0 unspecified atom stereocenters. The minimum Gasteiger partial charge on any atom is -0.508 e. The molecule has 0 heterocycles. The van der Waals surface area contributed by atoms with Crippen LogP contribution in [-0.4, -0.2) is 47.0 Å². The molecule has 2 N–H and O–H groups in total. The average molecular weight is 424 g/mol. The lowest BCUT2D eigenvalue weighted by molar-refractivity contribution is -0.164. The molecule has 0 saturated carbocycles. The van der Waals surface area contributed by atoms with E-state index in [1.807, 2.05) is 0 Å². The molecule has 0 saturated heterocycles. The highest BCUT2D eigenvalue weighted by atomic mass is 16.6. The summed E-state index contributed by atoms with van der Waals surface area (Å²) in [5.41, 5.74) is -0.503. The topological polar surface area (TPSA) is 111 Å². The Bertz CT molecular complexity index is 714. The summed E-state index contributed by atoms with van der Waals surface area (Å²) >= 11 is 0. The zero-order valence-corrected chi connectivity index (χ0v) is 18.6. The van der Waals surface area contributed by atoms with Crippen molar-refractivity contribution in [3.05, 3.63) is 29.8 Å². The van der Waals surface area contributed by atoms with E-state index in [1.54, 1.807) is 65.8 Å². The molecule has 0 aliphatic rings. The van der Waals surface area contributed by atoms with Gasteiger partial charge in [0.15, 0.2) is 0 Å². The van der Waals surface area contributed by atoms with E-state index < -0.39 is 35.3 Å². The fourth-order valence-corrected chi connectivity index (χ4v) is 2.40. The highest BCUT2D eigenvalue weighted by Gasteiger charge is 2.31. The van der Waals surface area contributed by atoms with E-state index in [-0.39, 0.29) is 18.8 Å². The third-order valence-corrected chi connectivity index (χ3v) is 3.55. The lowest BCUT2D eigenvalue weighted by Crippen LogP contribution is -2.46. The number of rotatable bonds is 8. The van der Waals surface area contributed by atoms with Crippen molar-refractivity contribution in [1.29, 1.82) is 0 Å². The van der Waals surface area contributed by atoms with E-state index in [0.29, 0.717) is 12.8 Å². The molecule has 8 heteroatoms. The van der Waals surface area contributed by atoms with Crippen molar-refractivity contribution in [2.75, 3.05) is 6.61 Å². The second-order valence-electron chi connectivity index (χ2n) is 8.93. The Morgan fingerprint density at radius 1 is 0.967 bits per heavy atom. The van der Waals surface area contributed by atoms with Crippen molar-refractivity contribution in [3.63, 3.8) is 0 Å². The number of carbonyl (C=O) groups is 3. The third-order valence-electron chi connectivity index (χ3n) is 3.55. The van der Waals surface area contributed by atoms with Gasteiger partial charge in [0.1, 0.15) is 23.0 Å². The number of alkyl carbamates (subject to hydrolysis) is 1. The van der Waals surface area contributed by atoms with Crippen LogP contribution in [0, 0.1) is 0 Å². The maximum absolute atomic E-state index is 12.4. The fraction of sp³-hybridized carbons (Fsp3) is 0.591. The first-order valence-corrected chi connectivity index (χ1v) is 9.91. The molecule has 1 aromatic rings. The molecule has 30 heavy (non-hydrogen) atoms. The van der Waals surface area contributed by atoms with E-state index in [4.69, 9.17) is 14.2 Å². The van der Waals surface area contributed by atoms with E-state index >= 15 is 0 Å². The average Bonchev–Trinajstić information content (AvgIpc) is 2.56. The molecule has 1 rings (SSSR count). The minimum absolute atomic E-state index is 0.125. The van der Waals surface area contributed by atoms with Crippen molar-refractivity contribution in [1.82, 2.24) is 5.32 Å². The van der Waals surface area contributed by atoms with E-state index in [2.05, 4.69) is 5.32 Å². The number of aromatic hydroxyl groups is 1. The van der Waals surface area contributed by atoms with Gasteiger partial charge in [-0.05, 0) is 72.1 Å². The molecule has 1 amide bonds. The zero-order chi connectivity index (χ0) is 22.9. The Balaban J connectivity index is 2.58. The molecule has 0 radical (unpaired) electrons. The van der Waals surface area contributed by atoms with Gasteiger partial charge in [-0.15, -0.1) is 0 Å². The number of phenols is 1. The number of nitrogens with one attached hydrogen (secondary N) is 1. The first-order chi connectivity index (χ1) is 13.7. The summed E-state index contributed by atoms with van der Waals surface area (Å²) in [4.78, 5) is 36.7. The van der Waals surface area contributed by atoms with Gasteiger partial charge >= 0.3 is 18.0 Å². The molecule has 1 atom stereocenters. The lowest BCUT2D eigenvalue weighted by Gasteiger charge is -2.25. The van der Waals surface area contributed by atoms with Crippen molar-refractivity contribution in [2.24, 2.45) is 0 Å². The van der Waals surface area contributed by atoms with Crippen molar-refractivity contribution in [3.8, 4) is 5.75 Å². The Kier molecular flexibility index (Phi) is 9.14. The Morgan fingerprint density at radius 3 is 2.07 bits per heavy atom. The monoisotopic (exact) mass is 423 g/mol. The largest absolute Gasteiger partial charge is 0.508 e. The van der Waals surface area contributed by atoms with E-state index in [1.165, 1.54) is 0 Å². The van der Waals surface area contributed by atoms with Crippen molar-refractivity contribution >= 4 is 18.0 Å². The highest BCUT2D eigenvalue weighted by molar-refractivity contribution is 5.86. The van der Waals surface area contributed by atoms with Gasteiger partial charge in [-0.2, -0.15) is 0 Å². The molecule has 1 aromatic carbocycles. The summed E-state index contributed by atoms with van der Waals surface area (Å²) in [6.07, 6.45) is 0.0250. The van der Waals surface area contributed by atoms with Crippen LogP contribution < -0.4 is 5.32 Å². The molecule has 0 bridgehead atoms. The zero-order valence-electron chi connectivity index (χ0n) is 18.6. The smallest absolute Gasteiger partial charge is 0.407 e. The lowest BCUT2D eigenvalue weighted by atomic mass is 10.1. The number of amides is 1. The molecule has 0 aromatic heterocycles. The first kappa shape index (κ1) is 25.3. The van der Waals surface area contributed by atoms with Gasteiger partial charge in [-0.3, -0.25) is 4.79 Å². The second-order valence-corrected chi connectivity index (χ2v) is 8.93. The summed E-state index contributed by atoms with van der Waals surface area (Å²) in [7, 11) is 0. The standard InChI is InChI=1S/C22H33NO7/c1-21(2,3)29-18(25)14-17(19(26)30-22(4,5)6)23-20(27)28-13-7-8-15-9-11-16(24)12-10-15/h9-12,17,24H,7-8,13-14H2,1-6H3,(H,23,27)/t17-/m0/s1. The fourth-order valence-electron chi connectivity index (χ4n) is 2.40.